The van der Waals surface area contributed by atoms with E-state index in [-0.39, 0.29) is 31.0 Å². The summed E-state index contributed by atoms with van der Waals surface area (Å²) in [6.45, 7) is 3.90. The minimum absolute atomic E-state index is 0.0406. The normalized spacial score (nSPS) is 17.9. The van der Waals surface area contributed by atoms with Gasteiger partial charge in [0.2, 0.25) is 15.9 Å². The minimum atomic E-state index is -3.24. The Labute approximate surface area is 116 Å². The fraction of sp³-hybridized carbons (Fsp3) is 0.923. The Kier molecular flexibility index (Phi) is 6.26. The average molecular weight is 290 g/mol. The van der Waals surface area contributed by atoms with Crippen molar-refractivity contribution >= 4 is 15.9 Å². The van der Waals surface area contributed by atoms with E-state index in [9.17, 15) is 13.2 Å². The molecule has 5 nitrogen and oxygen atoms in total. The highest BCUT2D eigenvalue weighted by Crippen LogP contribution is 2.17. The summed E-state index contributed by atoms with van der Waals surface area (Å²) in [7, 11) is -3.24. The summed E-state index contributed by atoms with van der Waals surface area (Å²) in [6, 6.07) is 0.171. The van der Waals surface area contributed by atoms with Crippen LogP contribution in [-0.4, -0.2) is 43.5 Å². The summed E-state index contributed by atoms with van der Waals surface area (Å²) in [6.07, 6.45) is 7.12. The number of carbonyl (C=O) groups excluding carboxylic acids is 1. The van der Waals surface area contributed by atoms with Gasteiger partial charge in [-0.3, -0.25) is 4.79 Å². The molecule has 0 spiro atoms. The van der Waals surface area contributed by atoms with Crippen molar-refractivity contribution < 1.29 is 13.2 Å². The number of hydrogen-bond donors (Lipinski definition) is 1. The van der Waals surface area contributed by atoms with Crippen LogP contribution in [0, 0.1) is 0 Å². The molecule has 1 aliphatic rings. The summed E-state index contributed by atoms with van der Waals surface area (Å²) >= 11 is 0. The molecule has 1 amide bonds. The van der Waals surface area contributed by atoms with E-state index in [1.165, 1.54) is 29.8 Å². The summed E-state index contributed by atoms with van der Waals surface area (Å²) in [5, 5.41) is 3.00. The van der Waals surface area contributed by atoms with Gasteiger partial charge < -0.3 is 5.32 Å². The predicted octanol–water partition coefficient (Wildman–Crippen LogP) is 1.50. The zero-order valence-corrected chi connectivity index (χ0v) is 13.0. The van der Waals surface area contributed by atoms with Crippen LogP contribution in [0.5, 0.6) is 0 Å². The van der Waals surface area contributed by atoms with Crippen LogP contribution in [0.15, 0.2) is 0 Å². The fourth-order valence-electron chi connectivity index (χ4n) is 2.57. The number of rotatable bonds is 6. The molecule has 0 atom stereocenters. The molecule has 1 rings (SSSR count). The van der Waals surface area contributed by atoms with Crippen LogP contribution in [0.25, 0.3) is 0 Å². The third-order valence-electron chi connectivity index (χ3n) is 3.53. The van der Waals surface area contributed by atoms with Crippen molar-refractivity contribution in [3.05, 3.63) is 0 Å². The smallest absolute Gasteiger partial charge is 0.221 e. The maximum absolute atomic E-state index is 11.8. The molecule has 0 radical (unpaired) electrons. The molecule has 112 valence electrons. The maximum atomic E-state index is 11.8. The van der Waals surface area contributed by atoms with Crippen LogP contribution < -0.4 is 5.32 Å². The van der Waals surface area contributed by atoms with Crippen molar-refractivity contribution in [2.24, 2.45) is 0 Å². The zero-order chi connectivity index (χ0) is 14.5. The molecule has 1 aliphatic carbocycles. The van der Waals surface area contributed by atoms with Gasteiger partial charge in [0.25, 0.3) is 0 Å². The van der Waals surface area contributed by atoms with Crippen LogP contribution in [-0.2, 0) is 14.8 Å². The highest BCUT2D eigenvalue weighted by molar-refractivity contribution is 7.88. The Balaban J connectivity index is 2.39. The van der Waals surface area contributed by atoms with Crippen molar-refractivity contribution in [3.63, 3.8) is 0 Å². The maximum Gasteiger partial charge on any atom is 0.221 e. The molecule has 1 N–H and O–H groups in total. The van der Waals surface area contributed by atoms with Crippen LogP contribution in [0.3, 0.4) is 0 Å². The van der Waals surface area contributed by atoms with E-state index in [2.05, 4.69) is 5.32 Å². The SMILES string of the molecule is CC(C)N(CCC(=O)NC1CCCCC1)S(C)(=O)=O. The van der Waals surface area contributed by atoms with Crippen LogP contribution in [0.2, 0.25) is 0 Å². The van der Waals surface area contributed by atoms with Gasteiger partial charge in [-0.05, 0) is 26.7 Å². The van der Waals surface area contributed by atoms with E-state index in [0.717, 1.165) is 12.8 Å². The van der Waals surface area contributed by atoms with E-state index in [1.54, 1.807) is 0 Å². The predicted molar refractivity (Wildman–Crippen MR) is 76.3 cm³/mol. The number of amides is 1. The zero-order valence-electron chi connectivity index (χ0n) is 12.2. The van der Waals surface area contributed by atoms with Gasteiger partial charge in [0.1, 0.15) is 0 Å². The molecule has 0 unspecified atom stereocenters. The van der Waals surface area contributed by atoms with Gasteiger partial charge >= 0.3 is 0 Å². The van der Waals surface area contributed by atoms with Gasteiger partial charge in [0, 0.05) is 25.0 Å². The van der Waals surface area contributed by atoms with Crippen LogP contribution in [0.4, 0.5) is 0 Å². The molecule has 0 aromatic carbocycles. The second kappa shape index (κ2) is 7.24. The molecule has 6 heteroatoms. The first-order valence-corrected chi connectivity index (χ1v) is 8.91. The molecule has 1 fully saturated rings. The summed E-state index contributed by atoms with van der Waals surface area (Å²) in [5.41, 5.74) is 0. The van der Waals surface area contributed by atoms with Crippen molar-refractivity contribution in [1.82, 2.24) is 9.62 Å². The first-order chi connectivity index (χ1) is 8.80. The third kappa shape index (κ3) is 5.91. The molecule has 0 heterocycles. The number of hydrogen-bond acceptors (Lipinski definition) is 3. The Bertz CT molecular complexity index is 387. The third-order valence-corrected chi connectivity index (χ3v) is 4.99. The molecule has 0 saturated heterocycles. The molecule has 19 heavy (non-hydrogen) atoms. The highest BCUT2D eigenvalue weighted by Gasteiger charge is 2.22. The van der Waals surface area contributed by atoms with E-state index in [4.69, 9.17) is 0 Å². The van der Waals surface area contributed by atoms with Gasteiger partial charge in [-0.1, -0.05) is 19.3 Å². The standard InChI is InChI=1S/C13H26N2O3S/c1-11(2)15(19(3,17)18)10-9-13(16)14-12-7-5-4-6-8-12/h11-12H,4-10H2,1-3H3,(H,14,16). The molecule has 0 aromatic heterocycles. The first kappa shape index (κ1) is 16.4. The van der Waals surface area contributed by atoms with Gasteiger partial charge in [0.15, 0.2) is 0 Å². The number of sulfonamides is 1. The average Bonchev–Trinajstić information content (AvgIpc) is 2.28. The van der Waals surface area contributed by atoms with Crippen molar-refractivity contribution in [1.29, 1.82) is 0 Å². The van der Waals surface area contributed by atoms with Gasteiger partial charge in [-0.2, -0.15) is 4.31 Å². The second-order valence-corrected chi connectivity index (χ2v) is 7.55. The Hall–Kier alpha value is -0.620. The lowest BCUT2D eigenvalue weighted by atomic mass is 9.95. The number of nitrogens with zero attached hydrogens (tertiary/aromatic N) is 1. The van der Waals surface area contributed by atoms with E-state index in [0.29, 0.717) is 0 Å². The molecule has 0 bridgehead atoms. The number of nitrogens with one attached hydrogen (secondary N) is 1. The van der Waals surface area contributed by atoms with Crippen molar-refractivity contribution in [3.8, 4) is 0 Å². The molecule has 1 saturated carbocycles. The van der Waals surface area contributed by atoms with Gasteiger partial charge in [0.05, 0.1) is 6.26 Å². The molecule has 0 aromatic rings. The van der Waals surface area contributed by atoms with E-state index in [1.807, 2.05) is 13.8 Å². The lowest BCUT2D eigenvalue weighted by molar-refractivity contribution is -0.122. The monoisotopic (exact) mass is 290 g/mol. The van der Waals surface area contributed by atoms with Crippen LogP contribution in [0.1, 0.15) is 52.4 Å². The summed E-state index contributed by atoms with van der Waals surface area (Å²) < 4.78 is 24.5. The Morgan fingerprint density at radius 1 is 1.26 bits per heavy atom. The molecule has 0 aliphatic heterocycles. The first-order valence-electron chi connectivity index (χ1n) is 7.07. The lowest BCUT2D eigenvalue weighted by Crippen LogP contribution is -2.41. The van der Waals surface area contributed by atoms with Crippen molar-refractivity contribution in [2.75, 3.05) is 12.8 Å². The molecular weight excluding hydrogens is 264 g/mol. The van der Waals surface area contributed by atoms with Crippen molar-refractivity contribution in [2.45, 2.75) is 64.5 Å². The van der Waals surface area contributed by atoms with E-state index < -0.39 is 10.0 Å². The second-order valence-electron chi connectivity index (χ2n) is 5.62. The van der Waals surface area contributed by atoms with Gasteiger partial charge in [-0.25, -0.2) is 8.42 Å². The minimum Gasteiger partial charge on any atom is -0.353 e. The van der Waals surface area contributed by atoms with E-state index >= 15 is 0 Å². The Morgan fingerprint density at radius 2 is 1.84 bits per heavy atom. The molecular formula is C13H26N2O3S. The topological polar surface area (TPSA) is 66.5 Å². The lowest BCUT2D eigenvalue weighted by Gasteiger charge is -2.25. The summed E-state index contributed by atoms with van der Waals surface area (Å²) in [4.78, 5) is 11.8. The number of carbonyl (C=O) groups is 1. The summed E-state index contributed by atoms with van der Waals surface area (Å²) in [5.74, 6) is -0.0406. The highest BCUT2D eigenvalue weighted by atomic mass is 32.2. The fourth-order valence-corrected chi connectivity index (χ4v) is 3.75. The quantitative estimate of drug-likeness (QED) is 0.806. The largest absolute Gasteiger partial charge is 0.353 e. The Morgan fingerprint density at radius 3 is 2.32 bits per heavy atom. The van der Waals surface area contributed by atoms with Gasteiger partial charge in [-0.15, -0.1) is 0 Å². The van der Waals surface area contributed by atoms with Crippen LogP contribution >= 0.6 is 0 Å².